The van der Waals surface area contributed by atoms with Gasteiger partial charge in [0.25, 0.3) is 0 Å². The lowest BCUT2D eigenvalue weighted by Gasteiger charge is -2.33. The molecular formula is C13H12F6O4-2. The van der Waals surface area contributed by atoms with Crippen molar-refractivity contribution in [3.05, 3.63) is 11.1 Å². The van der Waals surface area contributed by atoms with Gasteiger partial charge in [-0.25, -0.2) is 0 Å². The third-order valence-electron chi connectivity index (χ3n) is 3.69. The number of alkyl halides is 6. The van der Waals surface area contributed by atoms with Crippen molar-refractivity contribution in [1.29, 1.82) is 0 Å². The largest absolute Gasteiger partial charge is 0.545 e. The van der Waals surface area contributed by atoms with Crippen LogP contribution in [0.4, 0.5) is 26.3 Å². The molecule has 132 valence electrons. The van der Waals surface area contributed by atoms with E-state index in [9.17, 15) is 46.1 Å². The van der Waals surface area contributed by atoms with Crippen LogP contribution in [0.2, 0.25) is 0 Å². The van der Waals surface area contributed by atoms with Crippen molar-refractivity contribution in [3.63, 3.8) is 0 Å². The number of halogens is 6. The van der Waals surface area contributed by atoms with Gasteiger partial charge in [-0.05, 0) is 24.3 Å². The highest BCUT2D eigenvalue weighted by molar-refractivity contribution is 5.98. The maximum Gasteiger partial charge on any atom is 0.404 e. The molecule has 1 aliphatic carbocycles. The van der Waals surface area contributed by atoms with E-state index in [1.807, 2.05) is 0 Å². The summed E-state index contributed by atoms with van der Waals surface area (Å²) < 4.78 is 76.6. The van der Waals surface area contributed by atoms with E-state index in [-0.39, 0.29) is 12.8 Å². The molecule has 0 aromatic rings. The molecular weight excluding hydrogens is 334 g/mol. The molecule has 0 aliphatic heterocycles. The summed E-state index contributed by atoms with van der Waals surface area (Å²) in [6, 6.07) is 0. The molecule has 1 fully saturated rings. The zero-order valence-electron chi connectivity index (χ0n) is 11.6. The Balaban J connectivity index is 3.59. The topological polar surface area (TPSA) is 80.3 Å². The Hall–Kier alpha value is -1.74. The first-order valence-electron chi connectivity index (χ1n) is 6.67. The van der Waals surface area contributed by atoms with Gasteiger partial charge in [-0.1, -0.05) is 19.3 Å². The van der Waals surface area contributed by atoms with Gasteiger partial charge in [-0.15, -0.1) is 0 Å². The molecule has 0 amide bonds. The minimum absolute atomic E-state index is 0.0253. The molecule has 0 unspecified atom stereocenters. The van der Waals surface area contributed by atoms with Crippen molar-refractivity contribution in [2.45, 2.75) is 44.5 Å². The number of hydrogen-bond acceptors (Lipinski definition) is 4. The van der Waals surface area contributed by atoms with Crippen LogP contribution in [0.1, 0.15) is 32.1 Å². The average molecular weight is 346 g/mol. The summed E-state index contributed by atoms with van der Waals surface area (Å²) in [7, 11) is 0. The van der Waals surface area contributed by atoms with E-state index < -0.39 is 47.3 Å². The highest BCUT2D eigenvalue weighted by atomic mass is 19.4. The monoisotopic (exact) mass is 346 g/mol. The van der Waals surface area contributed by atoms with E-state index in [1.165, 1.54) is 0 Å². The molecule has 0 heterocycles. The number of carboxylic acid groups (broad SMARTS) is 2. The highest BCUT2D eigenvalue weighted by Crippen LogP contribution is 2.46. The first kappa shape index (κ1) is 19.3. The van der Waals surface area contributed by atoms with Crippen molar-refractivity contribution in [2.24, 2.45) is 11.8 Å². The molecule has 1 rings (SSSR count). The Labute approximate surface area is 126 Å². The lowest BCUT2D eigenvalue weighted by Crippen LogP contribution is -2.46. The Kier molecular flexibility index (Phi) is 5.70. The van der Waals surface area contributed by atoms with E-state index in [4.69, 9.17) is 0 Å². The van der Waals surface area contributed by atoms with Gasteiger partial charge in [0.05, 0.1) is 11.9 Å². The Morgan fingerprint density at radius 3 is 1.57 bits per heavy atom. The third kappa shape index (κ3) is 4.61. The summed E-state index contributed by atoms with van der Waals surface area (Å²) >= 11 is 0. The van der Waals surface area contributed by atoms with Crippen molar-refractivity contribution in [3.8, 4) is 0 Å². The second kappa shape index (κ2) is 6.79. The summed E-state index contributed by atoms with van der Waals surface area (Å²) in [4.78, 5) is 22.1. The predicted octanol–water partition coefficient (Wildman–Crippen LogP) is 1.10. The first-order chi connectivity index (χ1) is 10.4. The SMILES string of the molecule is O=C([O-])C(=C(C(=O)[O-])C(C(F)(F)F)C(F)(F)F)C1CCCCC1. The van der Waals surface area contributed by atoms with Crippen molar-refractivity contribution in [1.82, 2.24) is 0 Å². The second-order valence-electron chi connectivity index (χ2n) is 5.25. The summed E-state index contributed by atoms with van der Waals surface area (Å²) in [5, 5.41) is 22.1. The van der Waals surface area contributed by atoms with Crippen LogP contribution in [0.25, 0.3) is 0 Å². The summed E-state index contributed by atoms with van der Waals surface area (Å²) in [5.74, 6) is -10.8. The molecule has 0 bridgehead atoms. The normalized spacial score (nSPS) is 18.7. The summed E-state index contributed by atoms with van der Waals surface area (Å²) in [5.41, 5.74) is -3.78. The predicted molar refractivity (Wildman–Crippen MR) is 59.2 cm³/mol. The van der Waals surface area contributed by atoms with Crippen LogP contribution in [-0.2, 0) is 9.59 Å². The molecule has 1 aliphatic rings. The molecule has 0 radical (unpaired) electrons. The van der Waals surface area contributed by atoms with Crippen LogP contribution in [0, 0.1) is 11.8 Å². The van der Waals surface area contributed by atoms with Gasteiger partial charge < -0.3 is 19.8 Å². The second-order valence-corrected chi connectivity index (χ2v) is 5.25. The molecule has 0 aromatic heterocycles. The average Bonchev–Trinajstić information content (AvgIpc) is 2.35. The first-order valence-corrected chi connectivity index (χ1v) is 6.67. The van der Waals surface area contributed by atoms with Crippen molar-refractivity contribution in [2.75, 3.05) is 0 Å². The van der Waals surface area contributed by atoms with Crippen LogP contribution in [0.15, 0.2) is 11.1 Å². The summed E-state index contributed by atoms with van der Waals surface area (Å²) in [6.45, 7) is 0. The number of hydrogen-bond donors (Lipinski definition) is 0. The number of rotatable bonds is 4. The van der Waals surface area contributed by atoms with Gasteiger partial charge in [0.15, 0.2) is 5.92 Å². The van der Waals surface area contributed by atoms with Crippen LogP contribution in [-0.4, -0.2) is 24.3 Å². The fraction of sp³-hybridized carbons (Fsp3) is 0.692. The number of carbonyl (C=O) groups excluding carboxylic acids is 2. The van der Waals surface area contributed by atoms with Gasteiger partial charge in [0.2, 0.25) is 0 Å². The maximum atomic E-state index is 12.8. The summed E-state index contributed by atoms with van der Waals surface area (Å²) in [6.07, 6.45) is -10.7. The molecule has 0 N–H and O–H groups in total. The third-order valence-corrected chi connectivity index (χ3v) is 3.69. The molecule has 0 aromatic carbocycles. The minimum atomic E-state index is -6.02. The molecule has 10 heteroatoms. The molecule has 0 saturated heterocycles. The van der Waals surface area contributed by atoms with Gasteiger partial charge in [0.1, 0.15) is 0 Å². The maximum absolute atomic E-state index is 12.8. The Morgan fingerprint density at radius 2 is 1.26 bits per heavy atom. The quantitative estimate of drug-likeness (QED) is 0.564. The molecule has 4 nitrogen and oxygen atoms in total. The van der Waals surface area contributed by atoms with Crippen molar-refractivity contribution >= 4 is 11.9 Å². The van der Waals surface area contributed by atoms with Gasteiger partial charge in [-0.3, -0.25) is 0 Å². The van der Waals surface area contributed by atoms with Gasteiger partial charge in [0, 0.05) is 5.57 Å². The van der Waals surface area contributed by atoms with E-state index in [0.717, 1.165) is 0 Å². The van der Waals surface area contributed by atoms with E-state index in [2.05, 4.69) is 0 Å². The lowest BCUT2D eigenvalue weighted by atomic mass is 9.79. The fourth-order valence-electron chi connectivity index (χ4n) is 2.78. The molecule has 0 atom stereocenters. The molecule has 23 heavy (non-hydrogen) atoms. The standard InChI is InChI=1S/C13H14F6O4/c14-12(15,16)9(13(17,18)19)8(11(22)23)7(10(20)21)6-4-2-1-3-5-6/h6,9H,1-5H2,(H,20,21)(H,22,23)/p-2. The number of carbonyl (C=O) groups is 2. The van der Waals surface area contributed by atoms with E-state index in [0.29, 0.717) is 19.3 Å². The van der Waals surface area contributed by atoms with Crippen LogP contribution < -0.4 is 10.2 Å². The fourth-order valence-corrected chi connectivity index (χ4v) is 2.78. The smallest absolute Gasteiger partial charge is 0.404 e. The van der Waals surface area contributed by atoms with Crippen LogP contribution >= 0.6 is 0 Å². The minimum Gasteiger partial charge on any atom is -0.545 e. The number of carboxylic acids is 2. The molecule has 0 spiro atoms. The van der Waals surface area contributed by atoms with Gasteiger partial charge >= 0.3 is 12.4 Å². The van der Waals surface area contributed by atoms with Crippen molar-refractivity contribution < 1.29 is 46.1 Å². The number of aliphatic carboxylic acids is 2. The zero-order chi connectivity index (χ0) is 18.0. The van der Waals surface area contributed by atoms with E-state index in [1.54, 1.807) is 0 Å². The lowest BCUT2D eigenvalue weighted by molar-refractivity contribution is -0.314. The van der Waals surface area contributed by atoms with Gasteiger partial charge in [-0.2, -0.15) is 26.3 Å². The van der Waals surface area contributed by atoms with Crippen LogP contribution in [0.3, 0.4) is 0 Å². The highest BCUT2D eigenvalue weighted by Gasteiger charge is 2.59. The molecule has 1 saturated carbocycles. The zero-order valence-corrected chi connectivity index (χ0v) is 11.6. The Bertz CT molecular complexity index is 486. The Morgan fingerprint density at radius 1 is 0.826 bits per heavy atom. The van der Waals surface area contributed by atoms with Crippen LogP contribution in [0.5, 0.6) is 0 Å². The van der Waals surface area contributed by atoms with E-state index >= 15 is 0 Å².